The molecular weight excluding hydrogens is 200 g/mol. The average Bonchev–Trinajstić information content (AvgIpc) is 2.39. The van der Waals surface area contributed by atoms with Crippen molar-refractivity contribution in [1.82, 2.24) is 0 Å². The summed E-state index contributed by atoms with van der Waals surface area (Å²) in [5, 5.41) is 1.27. The second-order valence-corrected chi connectivity index (χ2v) is 4.89. The topological polar surface area (TPSA) is 0 Å². The maximum absolute atomic E-state index is 3.69. The van der Waals surface area contributed by atoms with Gasteiger partial charge in [0.1, 0.15) is 0 Å². The van der Waals surface area contributed by atoms with Crippen LogP contribution in [0, 0.1) is 11.3 Å². The fourth-order valence-electron chi connectivity index (χ4n) is 2.82. The minimum atomic E-state index is 0.760. The molecule has 0 N–H and O–H groups in total. The van der Waals surface area contributed by atoms with Gasteiger partial charge in [-0.3, -0.25) is 0 Å². The van der Waals surface area contributed by atoms with Gasteiger partial charge < -0.3 is 0 Å². The van der Waals surface area contributed by atoms with E-state index < -0.39 is 0 Å². The zero-order chi connectivity index (χ0) is 7.73. The predicted octanol–water partition coefficient (Wildman–Crippen LogP) is 3.74. The predicted molar refractivity (Wildman–Crippen MR) is 52.0 cm³/mol. The van der Waals surface area contributed by atoms with Crippen LogP contribution in [0.3, 0.4) is 0 Å². The zero-order valence-corrected chi connectivity index (χ0v) is 8.70. The first kappa shape index (κ1) is 8.10. The van der Waals surface area contributed by atoms with Gasteiger partial charge in [-0.05, 0) is 37.0 Å². The molecular formula is C10H17Br. The monoisotopic (exact) mass is 216 g/mol. The molecule has 0 saturated heterocycles. The van der Waals surface area contributed by atoms with Crippen LogP contribution in [-0.4, -0.2) is 5.33 Å². The normalized spacial score (nSPS) is 30.3. The van der Waals surface area contributed by atoms with E-state index in [1.807, 2.05) is 0 Å². The van der Waals surface area contributed by atoms with Crippen LogP contribution < -0.4 is 0 Å². The summed E-state index contributed by atoms with van der Waals surface area (Å²) in [4.78, 5) is 0. The van der Waals surface area contributed by atoms with Gasteiger partial charge >= 0.3 is 0 Å². The van der Waals surface area contributed by atoms with Crippen molar-refractivity contribution in [3.05, 3.63) is 0 Å². The second kappa shape index (κ2) is 3.08. The van der Waals surface area contributed by atoms with Gasteiger partial charge in [0.05, 0.1) is 0 Å². The molecule has 2 saturated carbocycles. The summed E-state index contributed by atoms with van der Waals surface area (Å²) in [7, 11) is 0. The molecule has 0 heterocycles. The minimum Gasteiger partial charge on any atom is -0.0922 e. The largest absolute Gasteiger partial charge is 0.0922 e. The Morgan fingerprint density at radius 2 is 1.73 bits per heavy atom. The van der Waals surface area contributed by atoms with Gasteiger partial charge in [0.15, 0.2) is 0 Å². The minimum absolute atomic E-state index is 0.760. The van der Waals surface area contributed by atoms with Crippen molar-refractivity contribution in [3.8, 4) is 0 Å². The summed E-state index contributed by atoms with van der Waals surface area (Å²) in [6.45, 7) is 0. The fraction of sp³-hybridized carbons (Fsp3) is 1.00. The van der Waals surface area contributed by atoms with E-state index in [0.29, 0.717) is 0 Å². The lowest BCUT2D eigenvalue weighted by Crippen LogP contribution is -2.37. The van der Waals surface area contributed by atoms with Crippen molar-refractivity contribution < 1.29 is 0 Å². The molecule has 1 heteroatoms. The van der Waals surface area contributed by atoms with Gasteiger partial charge in [-0.25, -0.2) is 0 Å². The second-order valence-electron chi connectivity index (χ2n) is 4.33. The van der Waals surface area contributed by atoms with Crippen LogP contribution in [0.4, 0.5) is 0 Å². The summed E-state index contributed by atoms with van der Waals surface area (Å²) in [5.41, 5.74) is 0.760. The first-order valence-corrected chi connectivity index (χ1v) is 6.05. The highest BCUT2D eigenvalue weighted by molar-refractivity contribution is 9.09. The Hall–Kier alpha value is 0.480. The van der Waals surface area contributed by atoms with Gasteiger partial charge in [0, 0.05) is 5.33 Å². The van der Waals surface area contributed by atoms with Gasteiger partial charge in [0.25, 0.3) is 0 Å². The van der Waals surface area contributed by atoms with Crippen LogP contribution in [-0.2, 0) is 0 Å². The van der Waals surface area contributed by atoms with Gasteiger partial charge in [-0.15, -0.1) is 0 Å². The number of hydrogen-bond donors (Lipinski definition) is 0. The molecule has 0 aliphatic heterocycles. The molecule has 11 heavy (non-hydrogen) atoms. The van der Waals surface area contributed by atoms with Crippen LogP contribution in [0.1, 0.15) is 44.9 Å². The summed E-state index contributed by atoms with van der Waals surface area (Å²) in [6.07, 6.45) is 10.5. The van der Waals surface area contributed by atoms with Gasteiger partial charge in [0.2, 0.25) is 0 Å². The third-order valence-corrected chi connectivity index (χ3v) is 4.95. The van der Waals surface area contributed by atoms with Crippen LogP contribution in [0.2, 0.25) is 0 Å². The van der Waals surface area contributed by atoms with E-state index in [1.54, 1.807) is 0 Å². The van der Waals surface area contributed by atoms with Crippen LogP contribution in [0.15, 0.2) is 0 Å². The van der Waals surface area contributed by atoms with E-state index in [4.69, 9.17) is 0 Å². The lowest BCUT2D eigenvalue weighted by molar-refractivity contribution is 0.0826. The molecule has 0 aromatic carbocycles. The van der Waals surface area contributed by atoms with Crippen LogP contribution in [0.5, 0.6) is 0 Å². The average molecular weight is 217 g/mol. The fourth-order valence-corrected chi connectivity index (χ4v) is 3.84. The molecule has 0 radical (unpaired) electrons. The highest BCUT2D eigenvalue weighted by Crippen LogP contribution is 2.53. The SMILES string of the molecule is BrCC1(C2CCCC2)CCC1. The first-order chi connectivity index (χ1) is 5.37. The smallest absolute Gasteiger partial charge is 0.00906 e. The molecule has 2 rings (SSSR count). The third kappa shape index (κ3) is 1.26. The molecule has 0 aromatic heterocycles. The van der Waals surface area contributed by atoms with Crippen molar-refractivity contribution in [2.45, 2.75) is 44.9 Å². The van der Waals surface area contributed by atoms with Crippen LogP contribution >= 0.6 is 15.9 Å². The van der Waals surface area contributed by atoms with Crippen molar-refractivity contribution in [2.75, 3.05) is 5.33 Å². The highest BCUT2D eigenvalue weighted by Gasteiger charge is 2.43. The Morgan fingerprint density at radius 1 is 1.09 bits per heavy atom. The molecule has 0 aromatic rings. The molecule has 0 unspecified atom stereocenters. The van der Waals surface area contributed by atoms with E-state index in [0.717, 1.165) is 11.3 Å². The van der Waals surface area contributed by atoms with Crippen molar-refractivity contribution >= 4 is 15.9 Å². The molecule has 2 aliphatic carbocycles. The highest BCUT2D eigenvalue weighted by atomic mass is 79.9. The Kier molecular flexibility index (Phi) is 2.27. The van der Waals surface area contributed by atoms with E-state index in [2.05, 4.69) is 15.9 Å². The quantitative estimate of drug-likeness (QED) is 0.618. The maximum atomic E-state index is 3.69. The molecule has 0 nitrogen and oxygen atoms in total. The molecule has 2 fully saturated rings. The molecule has 0 spiro atoms. The Balaban J connectivity index is 1.99. The number of alkyl halides is 1. The first-order valence-electron chi connectivity index (χ1n) is 4.93. The molecule has 0 atom stereocenters. The van der Waals surface area contributed by atoms with Crippen molar-refractivity contribution in [3.63, 3.8) is 0 Å². The number of halogens is 1. The van der Waals surface area contributed by atoms with E-state index in [9.17, 15) is 0 Å². The molecule has 64 valence electrons. The van der Waals surface area contributed by atoms with Crippen LogP contribution in [0.25, 0.3) is 0 Å². The molecule has 0 amide bonds. The number of rotatable bonds is 2. The zero-order valence-electron chi connectivity index (χ0n) is 7.11. The summed E-state index contributed by atoms with van der Waals surface area (Å²) >= 11 is 3.69. The Morgan fingerprint density at radius 3 is 2.09 bits per heavy atom. The van der Waals surface area contributed by atoms with Gasteiger partial charge in [-0.1, -0.05) is 35.2 Å². The Bertz CT molecular complexity index is 126. The van der Waals surface area contributed by atoms with Crippen molar-refractivity contribution in [2.24, 2.45) is 11.3 Å². The standard InChI is InChI=1S/C10H17Br/c11-8-10(6-3-7-10)9-4-1-2-5-9/h9H,1-8H2. The Labute approximate surface area is 77.9 Å². The van der Waals surface area contributed by atoms with E-state index in [1.165, 1.54) is 50.3 Å². The maximum Gasteiger partial charge on any atom is 0.00906 e. The molecule has 2 aliphatic rings. The molecule has 0 bridgehead atoms. The lowest BCUT2D eigenvalue weighted by Gasteiger charge is -2.45. The van der Waals surface area contributed by atoms with E-state index >= 15 is 0 Å². The van der Waals surface area contributed by atoms with Gasteiger partial charge in [-0.2, -0.15) is 0 Å². The lowest BCUT2D eigenvalue weighted by atomic mass is 9.62. The summed E-state index contributed by atoms with van der Waals surface area (Å²) < 4.78 is 0. The summed E-state index contributed by atoms with van der Waals surface area (Å²) in [5.74, 6) is 1.08. The van der Waals surface area contributed by atoms with E-state index in [-0.39, 0.29) is 0 Å². The van der Waals surface area contributed by atoms with Crippen molar-refractivity contribution in [1.29, 1.82) is 0 Å². The summed E-state index contributed by atoms with van der Waals surface area (Å²) in [6, 6.07) is 0. The number of hydrogen-bond acceptors (Lipinski definition) is 0. The third-order valence-electron chi connectivity index (χ3n) is 3.84.